The normalized spacial score (nSPS) is 17.7. The van der Waals surface area contributed by atoms with Gasteiger partial charge in [0.25, 0.3) is 5.56 Å². The Morgan fingerprint density at radius 2 is 2.15 bits per heavy atom. The number of benzene rings is 1. The fraction of sp³-hybridized carbons (Fsp3) is 0.500. The SMILES string of the molecule is CCCc1[nH]n(-c2ccc(OC)cc2)c(=O)c1C(C)=NC[C@@H]1CCCO1. The number of H-pyrrole nitrogens is 1. The van der Waals surface area contributed by atoms with Crippen molar-refractivity contribution >= 4 is 5.71 Å². The Kier molecular flexibility index (Phi) is 5.93. The van der Waals surface area contributed by atoms with Crippen LogP contribution in [0.5, 0.6) is 5.75 Å². The molecule has 3 rings (SSSR count). The number of hydrogen-bond acceptors (Lipinski definition) is 4. The van der Waals surface area contributed by atoms with Gasteiger partial charge in [-0.3, -0.25) is 14.9 Å². The van der Waals surface area contributed by atoms with Gasteiger partial charge in [0.2, 0.25) is 0 Å². The molecule has 1 aliphatic rings. The van der Waals surface area contributed by atoms with Crippen molar-refractivity contribution < 1.29 is 9.47 Å². The number of nitrogens with zero attached hydrogens (tertiary/aromatic N) is 2. The molecule has 1 saturated heterocycles. The summed E-state index contributed by atoms with van der Waals surface area (Å²) in [6.45, 7) is 5.45. The quantitative estimate of drug-likeness (QED) is 0.774. The van der Waals surface area contributed by atoms with Gasteiger partial charge in [0.15, 0.2) is 0 Å². The summed E-state index contributed by atoms with van der Waals surface area (Å²) in [7, 11) is 1.63. The third-order valence-corrected chi connectivity index (χ3v) is 4.71. The van der Waals surface area contributed by atoms with Crippen molar-refractivity contribution in [3.63, 3.8) is 0 Å². The van der Waals surface area contributed by atoms with Gasteiger partial charge in [0.1, 0.15) is 5.75 Å². The van der Waals surface area contributed by atoms with Gasteiger partial charge in [-0.1, -0.05) is 13.3 Å². The number of aliphatic imine (C=N–C) groups is 1. The number of rotatable bonds is 7. The lowest BCUT2D eigenvalue weighted by Crippen LogP contribution is -2.20. The number of aromatic nitrogens is 2. The van der Waals surface area contributed by atoms with Crippen LogP contribution in [-0.2, 0) is 11.2 Å². The summed E-state index contributed by atoms with van der Waals surface area (Å²) in [5.41, 5.74) is 3.11. The highest BCUT2D eigenvalue weighted by molar-refractivity contribution is 5.99. The lowest BCUT2D eigenvalue weighted by Gasteiger charge is -2.06. The third kappa shape index (κ3) is 3.90. The third-order valence-electron chi connectivity index (χ3n) is 4.71. The number of ether oxygens (including phenoxy) is 2. The average molecular weight is 357 g/mol. The van der Waals surface area contributed by atoms with Crippen LogP contribution in [0.4, 0.5) is 0 Å². The first kappa shape index (κ1) is 18.5. The molecule has 1 atom stereocenters. The summed E-state index contributed by atoms with van der Waals surface area (Å²) < 4.78 is 12.4. The molecule has 2 aromatic rings. The highest BCUT2D eigenvalue weighted by Crippen LogP contribution is 2.16. The topological polar surface area (TPSA) is 68.6 Å². The molecule has 140 valence electrons. The minimum absolute atomic E-state index is 0.0628. The van der Waals surface area contributed by atoms with Crippen LogP contribution in [0, 0.1) is 0 Å². The fourth-order valence-corrected chi connectivity index (χ4v) is 3.31. The summed E-state index contributed by atoms with van der Waals surface area (Å²) >= 11 is 0. The Bertz CT molecular complexity index is 812. The van der Waals surface area contributed by atoms with E-state index in [4.69, 9.17) is 9.47 Å². The molecule has 1 aliphatic heterocycles. The molecular formula is C20H27N3O3. The van der Waals surface area contributed by atoms with Gasteiger partial charge in [0.05, 0.1) is 31.0 Å². The molecule has 0 bridgehead atoms. The molecule has 1 aromatic carbocycles. The molecule has 0 radical (unpaired) electrons. The molecule has 1 aromatic heterocycles. The van der Waals surface area contributed by atoms with E-state index in [9.17, 15) is 4.79 Å². The Morgan fingerprint density at radius 1 is 1.38 bits per heavy atom. The van der Waals surface area contributed by atoms with E-state index in [1.807, 2.05) is 31.2 Å². The maximum Gasteiger partial charge on any atom is 0.280 e. The molecule has 0 amide bonds. The first-order valence-corrected chi connectivity index (χ1v) is 9.25. The summed E-state index contributed by atoms with van der Waals surface area (Å²) in [5.74, 6) is 0.761. The van der Waals surface area contributed by atoms with Gasteiger partial charge in [-0.25, -0.2) is 4.68 Å². The van der Waals surface area contributed by atoms with Crippen LogP contribution < -0.4 is 10.3 Å². The molecule has 1 fully saturated rings. The van der Waals surface area contributed by atoms with Crippen LogP contribution in [0.1, 0.15) is 44.4 Å². The van der Waals surface area contributed by atoms with Crippen molar-refractivity contribution in [2.45, 2.75) is 45.6 Å². The molecule has 1 N–H and O–H groups in total. The van der Waals surface area contributed by atoms with Crippen molar-refractivity contribution in [1.29, 1.82) is 0 Å². The minimum Gasteiger partial charge on any atom is -0.497 e. The van der Waals surface area contributed by atoms with E-state index in [-0.39, 0.29) is 11.7 Å². The highest BCUT2D eigenvalue weighted by atomic mass is 16.5. The maximum absolute atomic E-state index is 13.0. The van der Waals surface area contributed by atoms with E-state index >= 15 is 0 Å². The molecule has 0 unspecified atom stereocenters. The molecule has 0 aliphatic carbocycles. The van der Waals surface area contributed by atoms with E-state index in [0.717, 1.165) is 55.1 Å². The molecule has 6 nitrogen and oxygen atoms in total. The van der Waals surface area contributed by atoms with Gasteiger partial charge in [-0.2, -0.15) is 0 Å². The smallest absolute Gasteiger partial charge is 0.280 e. The zero-order valence-corrected chi connectivity index (χ0v) is 15.7. The number of hydrogen-bond donors (Lipinski definition) is 1. The Hall–Kier alpha value is -2.34. The molecular weight excluding hydrogens is 330 g/mol. The van der Waals surface area contributed by atoms with Crippen LogP contribution >= 0.6 is 0 Å². The van der Waals surface area contributed by atoms with Gasteiger partial charge >= 0.3 is 0 Å². The van der Waals surface area contributed by atoms with Crippen molar-refractivity contribution in [3.05, 3.63) is 45.9 Å². The fourth-order valence-electron chi connectivity index (χ4n) is 3.31. The van der Waals surface area contributed by atoms with Crippen molar-refractivity contribution in [1.82, 2.24) is 9.78 Å². The summed E-state index contributed by atoms with van der Waals surface area (Å²) in [4.78, 5) is 17.7. The Labute approximate surface area is 153 Å². The monoisotopic (exact) mass is 357 g/mol. The molecule has 0 spiro atoms. The van der Waals surface area contributed by atoms with Crippen LogP contribution in [0.3, 0.4) is 0 Å². The van der Waals surface area contributed by atoms with Gasteiger partial charge < -0.3 is 9.47 Å². The lowest BCUT2D eigenvalue weighted by molar-refractivity contribution is 0.118. The first-order chi connectivity index (χ1) is 12.6. The molecule has 0 saturated carbocycles. The van der Waals surface area contributed by atoms with Crippen LogP contribution in [0.25, 0.3) is 5.69 Å². The van der Waals surface area contributed by atoms with Crippen molar-refractivity contribution in [2.75, 3.05) is 20.3 Å². The second-order valence-corrected chi connectivity index (χ2v) is 6.62. The highest BCUT2D eigenvalue weighted by Gasteiger charge is 2.19. The van der Waals surface area contributed by atoms with Gasteiger partial charge in [-0.15, -0.1) is 0 Å². The number of aryl methyl sites for hydroxylation is 1. The standard InChI is InChI=1S/C20H27N3O3/c1-4-6-18-19(14(2)21-13-17-7-5-12-26-17)20(24)23(22-18)15-8-10-16(25-3)11-9-15/h8-11,17,22H,4-7,12-13H2,1-3H3/t17-/m0/s1. The van der Waals surface area contributed by atoms with Crippen molar-refractivity contribution in [3.8, 4) is 11.4 Å². The second-order valence-electron chi connectivity index (χ2n) is 6.62. The summed E-state index contributed by atoms with van der Waals surface area (Å²) in [5, 5.41) is 3.26. The lowest BCUT2D eigenvalue weighted by atomic mass is 10.1. The largest absolute Gasteiger partial charge is 0.497 e. The van der Waals surface area contributed by atoms with E-state index in [2.05, 4.69) is 17.0 Å². The number of nitrogens with one attached hydrogen (secondary N) is 1. The summed E-state index contributed by atoms with van der Waals surface area (Å²) in [6.07, 6.45) is 4.08. The van der Waals surface area contributed by atoms with Crippen LogP contribution in [0.15, 0.2) is 34.1 Å². The average Bonchev–Trinajstić information content (AvgIpc) is 3.28. The summed E-state index contributed by atoms with van der Waals surface area (Å²) in [6, 6.07) is 7.44. The first-order valence-electron chi connectivity index (χ1n) is 9.25. The molecule has 26 heavy (non-hydrogen) atoms. The van der Waals surface area contributed by atoms with Gasteiger partial charge in [-0.05, 0) is 50.5 Å². The molecule has 2 heterocycles. The predicted molar refractivity (Wildman–Crippen MR) is 103 cm³/mol. The van der Waals surface area contributed by atoms with E-state index < -0.39 is 0 Å². The van der Waals surface area contributed by atoms with Gasteiger partial charge in [0, 0.05) is 18.0 Å². The van der Waals surface area contributed by atoms with E-state index in [1.54, 1.807) is 11.8 Å². The van der Waals surface area contributed by atoms with Crippen LogP contribution in [0.2, 0.25) is 0 Å². The zero-order valence-electron chi connectivity index (χ0n) is 15.7. The van der Waals surface area contributed by atoms with Crippen molar-refractivity contribution in [2.24, 2.45) is 4.99 Å². The van der Waals surface area contributed by atoms with Crippen LogP contribution in [-0.4, -0.2) is 41.9 Å². The predicted octanol–water partition coefficient (Wildman–Crippen LogP) is 3.11. The number of aromatic amines is 1. The van der Waals surface area contributed by atoms with E-state index in [1.165, 1.54) is 0 Å². The number of methoxy groups -OCH3 is 1. The Morgan fingerprint density at radius 3 is 2.77 bits per heavy atom. The second kappa shape index (κ2) is 8.36. The molecule has 6 heteroatoms. The zero-order chi connectivity index (χ0) is 18.5. The van der Waals surface area contributed by atoms with E-state index in [0.29, 0.717) is 12.1 Å². The Balaban J connectivity index is 1.93. The minimum atomic E-state index is -0.0628. The maximum atomic E-state index is 13.0.